The highest BCUT2D eigenvalue weighted by atomic mass is 16.4. The lowest BCUT2D eigenvalue weighted by molar-refractivity contribution is 0.0970. The van der Waals surface area contributed by atoms with Gasteiger partial charge in [0.25, 0.3) is 5.56 Å². The predicted octanol–water partition coefficient (Wildman–Crippen LogP) is 0.165. The van der Waals surface area contributed by atoms with Crippen molar-refractivity contribution in [2.24, 2.45) is 12.8 Å². The molecule has 1 unspecified atom stereocenters. The van der Waals surface area contributed by atoms with Crippen molar-refractivity contribution in [3.63, 3.8) is 0 Å². The van der Waals surface area contributed by atoms with E-state index in [9.17, 15) is 19.2 Å². The van der Waals surface area contributed by atoms with E-state index in [1.807, 2.05) is 4.90 Å². The SMILES string of the molecule is CC#CCn1c(N2CCCC(N)C2)nc2c1c(=O)n(CC(=O)c1cccc3oc(=O)[nH]c13)c(=O)n2C. The molecular weight excluding hydrogens is 466 g/mol. The average Bonchev–Trinajstić information content (AvgIpc) is 3.43. The van der Waals surface area contributed by atoms with Gasteiger partial charge in [-0.25, -0.2) is 9.59 Å². The number of rotatable bonds is 5. The minimum absolute atomic E-state index is 0.0283. The van der Waals surface area contributed by atoms with Crippen molar-refractivity contribution in [2.45, 2.75) is 38.9 Å². The van der Waals surface area contributed by atoms with Crippen molar-refractivity contribution >= 4 is 34.0 Å². The van der Waals surface area contributed by atoms with Crippen molar-refractivity contribution in [3.8, 4) is 11.8 Å². The summed E-state index contributed by atoms with van der Waals surface area (Å²) in [7, 11) is 1.51. The largest absolute Gasteiger partial charge is 0.417 e. The zero-order valence-electron chi connectivity index (χ0n) is 19.9. The van der Waals surface area contributed by atoms with E-state index < -0.39 is 29.3 Å². The predicted molar refractivity (Wildman–Crippen MR) is 133 cm³/mol. The Kier molecular flexibility index (Phi) is 5.85. The van der Waals surface area contributed by atoms with E-state index in [1.54, 1.807) is 23.6 Å². The van der Waals surface area contributed by atoms with Crippen LogP contribution in [0, 0.1) is 11.8 Å². The molecule has 1 aliphatic rings. The second-order valence-electron chi connectivity index (χ2n) is 8.79. The maximum Gasteiger partial charge on any atom is 0.417 e. The number of imidazole rings is 1. The van der Waals surface area contributed by atoms with Gasteiger partial charge in [0.15, 0.2) is 22.5 Å². The van der Waals surface area contributed by atoms with E-state index in [0.29, 0.717) is 19.0 Å². The Balaban J connectivity index is 1.66. The molecule has 0 radical (unpaired) electrons. The smallest absolute Gasteiger partial charge is 0.408 e. The van der Waals surface area contributed by atoms with Crippen LogP contribution in [0.2, 0.25) is 0 Å². The number of piperidine rings is 1. The van der Waals surface area contributed by atoms with Crippen LogP contribution in [-0.4, -0.2) is 48.6 Å². The molecule has 5 rings (SSSR count). The number of ketones is 1. The Morgan fingerprint density at radius 2 is 2.08 bits per heavy atom. The summed E-state index contributed by atoms with van der Waals surface area (Å²) in [6.07, 6.45) is 1.77. The molecule has 4 aromatic rings. The number of aromatic nitrogens is 5. The number of fused-ring (bicyclic) bond motifs is 2. The van der Waals surface area contributed by atoms with Crippen LogP contribution >= 0.6 is 0 Å². The minimum atomic E-state index is -0.703. The van der Waals surface area contributed by atoms with E-state index in [4.69, 9.17) is 10.2 Å². The Hall–Kier alpha value is -4.37. The zero-order valence-corrected chi connectivity index (χ0v) is 19.9. The Bertz CT molecular complexity index is 1740. The molecule has 36 heavy (non-hydrogen) atoms. The molecule has 0 saturated carbocycles. The summed E-state index contributed by atoms with van der Waals surface area (Å²) in [5, 5.41) is 0. The second-order valence-corrected chi connectivity index (χ2v) is 8.79. The third-order valence-corrected chi connectivity index (χ3v) is 6.43. The van der Waals surface area contributed by atoms with Crippen LogP contribution in [0.1, 0.15) is 30.1 Å². The summed E-state index contributed by atoms with van der Waals surface area (Å²) in [5.74, 6) is 5.08. The number of nitrogens with one attached hydrogen (secondary N) is 1. The number of aromatic amines is 1. The fourth-order valence-electron chi connectivity index (χ4n) is 4.67. The molecule has 0 spiro atoms. The number of nitrogens with zero attached hydrogens (tertiary/aromatic N) is 5. The highest BCUT2D eigenvalue weighted by Gasteiger charge is 2.27. The summed E-state index contributed by atoms with van der Waals surface area (Å²) in [6, 6.07) is 4.58. The summed E-state index contributed by atoms with van der Waals surface area (Å²) in [6.45, 7) is 2.64. The molecule has 0 aliphatic carbocycles. The molecule has 12 heteroatoms. The average molecular weight is 492 g/mol. The number of hydrogen-bond acceptors (Lipinski definition) is 8. The lowest BCUT2D eigenvalue weighted by Crippen LogP contribution is -2.44. The number of carbonyl (C=O) groups is 1. The van der Waals surface area contributed by atoms with Gasteiger partial charge in [0, 0.05) is 31.7 Å². The van der Waals surface area contributed by atoms with Crippen molar-refractivity contribution in [3.05, 3.63) is 55.2 Å². The van der Waals surface area contributed by atoms with Crippen LogP contribution in [0.25, 0.3) is 22.3 Å². The van der Waals surface area contributed by atoms with Crippen molar-refractivity contribution in [2.75, 3.05) is 18.0 Å². The number of carbonyl (C=O) groups excluding carboxylic acids is 1. The summed E-state index contributed by atoms with van der Waals surface area (Å²) in [5.41, 5.74) is 5.80. The molecule has 0 bridgehead atoms. The molecule has 1 aromatic carbocycles. The fraction of sp³-hybridized carbons (Fsp3) is 0.375. The molecule has 1 saturated heterocycles. The van der Waals surface area contributed by atoms with Crippen molar-refractivity contribution < 1.29 is 9.21 Å². The summed E-state index contributed by atoms with van der Waals surface area (Å²) < 4.78 is 8.84. The number of nitrogens with two attached hydrogens (primary N) is 1. The first-order valence-corrected chi connectivity index (χ1v) is 11.6. The zero-order chi connectivity index (χ0) is 25.6. The summed E-state index contributed by atoms with van der Waals surface area (Å²) in [4.78, 5) is 60.8. The van der Waals surface area contributed by atoms with Crippen LogP contribution in [0.5, 0.6) is 0 Å². The van der Waals surface area contributed by atoms with Crippen molar-refractivity contribution in [1.29, 1.82) is 0 Å². The third kappa shape index (κ3) is 3.83. The van der Waals surface area contributed by atoms with Gasteiger partial charge in [-0.1, -0.05) is 12.0 Å². The van der Waals surface area contributed by atoms with E-state index in [-0.39, 0.29) is 40.4 Å². The number of aryl methyl sites for hydroxylation is 1. The molecule has 4 heterocycles. The topological polar surface area (TPSA) is 154 Å². The van der Waals surface area contributed by atoms with Gasteiger partial charge >= 0.3 is 11.4 Å². The molecule has 3 aromatic heterocycles. The number of para-hydroxylation sites is 1. The molecule has 0 amide bonds. The first kappa shape index (κ1) is 23.4. The van der Waals surface area contributed by atoms with Gasteiger partial charge in [-0.3, -0.25) is 28.3 Å². The monoisotopic (exact) mass is 491 g/mol. The number of H-pyrrole nitrogens is 1. The molecule has 1 aliphatic heterocycles. The van der Waals surface area contributed by atoms with Gasteiger partial charge < -0.3 is 15.1 Å². The Morgan fingerprint density at radius 1 is 1.28 bits per heavy atom. The fourth-order valence-corrected chi connectivity index (χ4v) is 4.67. The van der Waals surface area contributed by atoms with Gasteiger partial charge in [-0.2, -0.15) is 4.98 Å². The van der Waals surface area contributed by atoms with Gasteiger partial charge in [0.05, 0.1) is 18.6 Å². The lowest BCUT2D eigenvalue weighted by atomic mass is 10.1. The number of anilines is 1. The first-order chi connectivity index (χ1) is 17.3. The van der Waals surface area contributed by atoms with E-state index in [0.717, 1.165) is 17.4 Å². The molecule has 186 valence electrons. The highest BCUT2D eigenvalue weighted by Crippen LogP contribution is 2.23. The minimum Gasteiger partial charge on any atom is -0.408 e. The van der Waals surface area contributed by atoms with Gasteiger partial charge in [-0.15, -0.1) is 5.92 Å². The maximum atomic E-state index is 13.6. The molecule has 12 nitrogen and oxygen atoms in total. The van der Waals surface area contributed by atoms with Crippen LogP contribution < -0.4 is 27.6 Å². The molecule has 1 fully saturated rings. The van der Waals surface area contributed by atoms with Crippen LogP contribution in [0.15, 0.2) is 37.0 Å². The van der Waals surface area contributed by atoms with Crippen LogP contribution in [0.4, 0.5) is 5.95 Å². The second kappa shape index (κ2) is 9.01. The maximum absolute atomic E-state index is 13.6. The highest BCUT2D eigenvalue weighted by molar-refractivity contribution is 6.05. The standard InChI is InChI=1S/C24H25N7O5/c1-3-4-11-30-19-20(27-22(30)29-10-6-7-14(25)12-29)28(2)24(35)31(21(19)33)13-16(32)15-8-5-9-17-18(15)26-23(34)36-17/h5,8-9,14H,6-7,10-13,25H2,1-2H3,(H,26,34). The first-order valence-electron chi connectivity index (χ1n) is 11.6. The van der Waals surface area contributed by atoms with Crippen molar-refractivity contribution in [1.82, 2.24) is 23.7 Å². The number of benzene rings is 1. The van der Waals surface area contributed by atoms with Crippen LogP contribution in [-0.2, 0) is 20.1 Å². The van der Waals surface area contributed by atoms with Gasteiger partial charge in [-0.05, 0) is 31.9 Å². The molecular formula is C24H25N7O5. The van der Waals surface area contributed by atoms with Crippen LogP contribution in [0.3, 0.4) is 0 Å². The molecule has 1 atom stereocenters. The van der Waals surface area contributed by atoms with E-state index in [1.165, 1.54) is 17.7 Å². The summed E-state index contributed by atoms with van der Waals surface area (Å²) >= 11 is 0. The van der Waals surface area contributed by atoms with Gasteiger partial charge in [0.2, 0.25) is 5.95 Å². The number of hydrogen-bond donors (Lipinski definition) is 2. The third-order valence-electron chi connectivity index (χ3n) is 6.43. The van der Waals surface area contributed by atoms with E-state index >= 15 is 0 Å². The normalized spacial score (nSPS) is 15.9. The van der Waals surface area contributed by atoms with E-state index in [2.05, 4.69) is 21.8 Å². The lowest BCUT2D eigenvalue weighted by Gasteiger charge is -2.31. The van der Waals surface area contributed by atoms with Gasteiger partial charge in [0.1, 0.15) is 0 Å². The Morgan fingerprint density at radius 3 is 2.83 bits per heavy atom. The Labute approximate surface area is 203 Å². The molecule has 3 N–H and O–H groups in total. The number of Topliss-reactive ketones (excluding diaryl/α,β-unsaturated/α-hetero) is 1. The number of oxazole rings is 1. The quantitative estimate of drug-likeness (QED) is 0.296.